The minimum Gasteiger partial charge on any atom is -0.493 e. The van der Waals surface area contributed by atoms with Gasteiger partial charge in [-0.2, -0.15) is 0 Å². The van der Waals surface area contributed by atoms with Crippen LogP contribution < -0.4 is 4.74 Å². The zero-order chi connectivity index (χ0) is 10.3. The molecule has 0 spiro atoms. The molecule has 0 fully saturated rings. The molecule has 0 aromatic heterocycles. The first-order chi connectivity index (χ1) is 6.48. The van der Waals surface area contributed by atoms with Crippen molar-refractivity contribution in [2.75, 3.05) is 6.61 Å². The van der Waals surface area contributed by atoms with Gasteiger partial charge in [0.25, 0.3) is 0 Å². The Morgan fingerprint density at radius 1 is 1.29 bits per heavy atom. The van der Waals surface area contributed by atoms with E-state index in [1.165, 1.54) is 11.1 Å². The lowest BCUT2D eigenvalue weighted by molar-refractivity contribution is 0.347. The predicted octanol–water partition coefficient (Wildman–Crippen LogP) is 3.68. The molecule has 2 heteroatoms. The van der Waals surface area contributed by atoms with E-state index in [1.54, 1.807) is 0 Å². The second-order valence-electron chi connectivity index (χ2n) is 4.79. The van der Waals surface area contributed by atoms with Gasteiger partial charge < -0.3 is 4.74 Å². The lowest BCUT2D eigenvalue weighted by Crippen LogP contribution is -2.12. The topological polar surface area (TPSA) is 9.23 Å². The van der Waals surface area contributed by atoms with E-state index < -0.39 is 0 Å². The number of hydrogen-bond donors (Lipinski definition) is 0. The van der Waals surface area contributed by atoms with Gasteiger partial charge in [0.2, 0.25) is 0 Å². The second-order valence-corrected chi connectivity index (χ2v) is 5.71. The Morgan fingerprint density at radius 3 is 2.64 bits per heavy atom. The van der Waals surface area contributed by atoms with Gasteiger partial charge in [-0.3, -0.25) is 0 Å². The van der Waals surface area contributed by atoms with Crippen LogP contribution in [0.25, 0.3) is 0 Å². The van der Waals surface area contributed by atoms with E-state index in [0.717, 1.165) is 23.2 Å². The summed E-state index contributed by atoms with van der Waals surface area (Å²) in [6, 6.07) is 4.34. The third kappa shape index (κ3) is 1.68. The average Bonchev–Trinajstić information content (AvgIpc) is 2.47. The molecule has 1 aromatic carbocycles. The van der Waals surface area contributed by atoms with Crippen molar-refractivity contribution in [3.63, 3.8) is 0 Å². The van der Waals surface area contributed by atoms with Crippen molar-refractivity contribution in [1.82, 2.24) is 0 Å². The fraction of sp³-hybridized carbons (Fsp3) is 0.500. The molecule has 0 radical (unpaired) electrons. The molecule has 0 atom stereocenters. The summed E-state index contributed by atoms with van der Waals surface area (Å²) in [5.41, 5.74) is 2.79. The molecule has 14 heavy (non-hydrogen) atoms. The predicted molar refractivity (Wildman–Crippen MR) is 62.0 cm³/mol. The summed E-state index contributed by atoms with van der Waals surface area (Å²) in [5, 5.41) is 0. The van der Waals surface area contributed by atoms with Crippen LogP contribution in [0.4, 0.5) is 0 Å². The quantitative estimate of drug-likeness (QED) is 0.687. The molecular formula is C12H15BrO. The smallest absolute Gasteiger partial charge is 0.126 e. The monoisotopic (exact) mass is 254 g/mol. The number of rotatable bonds is 0. The molecule has 1 aliphatic rings. The minimum absolute atomic E-state index is 0.151. The largest absolute Gasteiger partial charge is 0.493 e. The van der Waals surface area contributed by atoms with Crippen LogP contribution in [-0.2, 0) is 11.8 Å². The molecule has 1 aromatic rings. The fourth-order valence-corrected chi connectivity index (χ4v) is 2.33. The van der Waals surface area contributed by atoms with Crippen LogP contribution in [0.15, 0.2) is 16.6 Å². The Kier molecular flexibility index (Phi) is 2.34. The van der Waals surface area contributed by atoms with Gasteiger partial charge in [-0.05, 0) is 23.1 Å². The van der Waals surface area contributed by atoms with Crippen molar-refractivity contribution in [1.29, 1.82) is 0 Å². The molecular weight excluding hydrogens is 240 g/mol. The van der Waals surface area contributed by atoms with Crippen molar-refractivity contribution in [2.24, 2.45) is 0 Å². The number of fused-ring (bicyclic) bond motifs is 1. The average molecular weight is 255 g/mol. The summed E-state index contributed by atoms with van der Waals surface area (Å²) in [5.74, 6) is 1.11. The van der Waals surface area contributed by atoms with Crippen LogP contribution >= 0.6 is 15.9 Å². The molecule has 1 heterocycles. The maximum absolute atomic E-state index is 5.69. The van der Waals surface area contributed by atoms with E-state index in [-0.39, 0.29) is 5.41 Å². The molecule has 0 bridgehead atoms. The summed E-state index contributed by atoms with van der Waals surface area (Å²) in [6.07, 6.45) is 1.04. The van der Waals surface area contributed by atoms with Gasteiger partial charge in [-0.15, -0.1) is 0 Å². The summed E-state index contributed by atoms with van der Waals surface area (Å²) in [7, 11) is 0. The highest BCUT2D eigenvalue weighted by Crippen LogP contribution is 2.39. The van der Waals surface area contributed by atoms with Gasteiger partial charge in [0.1, 0.15) is 5.75 Å². The van der Waals surface area contributed by atoms with Crippen molar-refractivity contribution < 1.29 is 4.74 Å². The van der Waals surface area contributed by atoms with Crippen molar-refractivity contribution in [2.45, 2.75) is 32.6 Å². The van der Waals surface area contributed by atoms with Gasteiger partial charge in [-0.25, -0.2) is 0 Å². The van der Waals surface area contributed by atoms with Gasteiger partial charge in [0, 0.05) is 16.5 Å². The molecule has 0 unspecified atom stereocenters. The number of ether oxygens (including phenoxy) is 1. The maximum atomic E-state index is 5.69. The van der Waals surface area contributed by atoms with Crippen LogP contribution in [0, 0.1) is 0 Å². The van der Waals surface area contributed by atoms with E-state index in [2.05, 4.69) is 48.8 Å². The van der Waals surface area contributed by atoms with E-state index >= 15 is 0 Å². The Morgan fingerprint density at radius 2 is 2.00 bits per heavy atom. The Hall–Kier alpha value is -0.500. The van der Waals surface area contributed by atoms with Crippen molar-refractivity contribution in [3.8, 4) is 5.75 Å². The highest BCUT2D eigenvalue weighted by Gasteiger charge is 2.24. The van der Waals surface area contributed by atoms with Crippen LogP contribution in [-0.4, -0.2) is 6.61 Å². The van der Waals surface area contributed by atoms with Gasteiger partial charge in [0.15, 0.2) is 0 Å². The molecule has 0 saturated carbocycles. The minimum atomic E-state index is 0.151. The van der Waals surface area contributed by atoms with E-state index in [9.17, 15) is 0 Å². The first-order valence-corrected chi connectivity index (χ1v) is 5.73. The van der Waals surface area contributed by atoms with Crippen LogP contribution in [0.3, 0.4) is 0 Å². The van der Waals surface area contributed by atoms with Gasteiger partial charge in [0.05, 0.1) is 6.61 Å². The molecule has 2 rings (SSSR count). The zero-order valence-electron chi connectivity index (χ0n) is 8.86. The molecule has 0 N–H and O–H groups in total. The summed E-state index contributed by atoms with van der Waals surface area (Å²) in [6.45, 7) is 7.49. The first-order valence-electron chi connectivity index (χ1n) is 4.94. The summed E-state index contributed by atoms with van der Waals surface area (Å²) in [4.78, 5) is 0. The van der Waals surface area contributed by atoms with E-state index in [1.807, 2.05) is 0 Å². The SMILES string of the molecule is CC(C)(C)c1cc(Br)cc2c1OCC2. The highest BCUT2D eigenvalue weighted by molar-refractivity contribution is 9.10. The summed E-state index contributed by atoms with van der Waals surface area (Å²) < 4.78 is 6.85. The number of halogens is 1. The van der Waals surface area contributed by atoms with E-state index in [4.69, 9.17) is 4.74 Å². The fourth-order valence-electron chi connectivity index (χ4n) is 1.83. The molecule has 0 amide bonds. The Labute approximate surface area is 93.6 Å². The van der Waals surface area contributed by atoms with Gasteiger partial charge >= 0.3 is 0 Å². The summed E-state index contributed by atoms with van der Waals surface area (Å²) >= 11 is 3.55. The lowest BCUT2D eigenvalue weighted by atomic mass is 9.85. The van der Waals surface area contributed by atoms with Crippen molar-refractivity contribution >= 4 is 15.9 Å². The van der Waals surface area contributed by atoms with Crippen LogP contribution in [0.2, 0.25) is 0 Å². The van der Waals surface area contributed by atoms with Gasteiger partial charge in [-0.1, -0.05) is 36.7 Å². The third-order valence-electron chi connectivity index (χ3n) is 2.56. The number of hydrogen-bond acceptors (Lipinski definition) is 1. The van der Waals surface area contributed by atoms with E-state index in [0.29, 0.717) is 0 Å². The third-order valence-corrected chi connectivity index (χ3v) is 3.01. The highest BCUT2D eigenvalue weighted by atomic mass is 79.9. The molecule has 76 valence electrons. The second kappa shape index (κ2) is 3.27. The Balaban J connectivity index is 2.60. The Bertz CT molecular complexity index is 363. The lowest BCUT2D eigenvalue weighted by Gasteiger charge is -2.22. The molecule has 0 aliphatic carbocycles. The standard InChI is InChI=1S/C12H15BrO/c1-12(2,3)10-7-9(13)6-8-4-5-14-11(8)10/h6-7H,4-5H2,1-3H3. The van der Waals surface area contributed by atoms with Crippen LogP contribution in [0.1, 0.15) is 31.9 Å². The first kappa shape index (κ1) is 10.0. The molecule has 1 nitrogen and oxygen atoms in total. The zero-order valence-corrected chi connectivity index (χ0v) is 10.4. The number of benzene rings is 1. The molecule has 1 aliphatic heterocycles. The normalized spacial score (nSPS) is 15.1. The van der Waals surface area contributed by atoms with Crippen LogP contribution in [0.5, 0.6) is 5.75 Å². The molecule has 0 saturated heterocycles. The maximum Gasteiger partial charge on any atom is 0.126 e. The van der Waals surface area contributed by atoms with Crippen molar-refractivity contribution in [3.05, 3.63) is 27.7 Å².